The summed E-state index contributed by atoms with van der Waals surface area (Å²) in [7, 11) is 7.48. The SMILES string of the molecule is CN=C(NCCN(C)C1CCCC1)NC1CCN(Cc2cc(OC)cc(OC)c2)C1.I. The van der Waals surface area contributed by atoms with E-state index in [0.717, 1.165) is 62.6 Å². The molecule has 1 aromatic carbocycles. The molecule has 1 aliphatic carbocycles. The van der Waals surface area contributed by atoms with Crippen LogP contribution in [0.1, 0.15) is 37.7 Å². The number of nitrogens with zero attached hydrogens (tertiary/aromatic N) is 3. The molecule has 1 atom stereocenters. The Morgan fingerprint density at radius 1 is 1.13 bits per heavy atom. The number of benzene rings is 1. The normalized spacial score (nSPS) is 20.0. The molecular weight excluding hydrogens is 505 g/mol. The summed E-state index contributed by atoms with van der Waals surface area (Å²) in [6, 6.07) is 7.27. The molecule has 1 saturated carbocycles. The molecule has 1 heterocycles. The number of hydrogen-bond acceptors (Lipinski definition) is 5. The molecule has 1 saturated heterocycles. The Hall–Kier alpha value is -1.26. The number of nitrogens with one attached hydrogen (secondary N) is 2. The summed E-state index contributed by atoms with van der Waals surface area (Å²) in [6.45, 7) is 4.94. The average molecular weight is 546 g/mol. The van der Waals surface area contributed by atoms with E-state index < -0.39 is 0 Å². The molecule has 1 unspecified atom stereocenters. The summed E-state index contributed by atoms with van der Waals surface area (Å²) < 4.78 is 10.8. The molecule has 0 spiro atoms. The number of hydrogen-bond donors (Lipinski definition) is 2. The van der Waals surface area contributed by atoms with Crippen molar-refractivity contribution < 1.29 is 9.47 Å². The maximum Gasteiger partial charge on any atom is 0.191 e. The van der Waals surface area contributed by atoms with Crippen molar-refractivity contribution in [2.45, 2.75) is 50.7 Å². The van der Waals surface area contributed by atoms with Crippen molar-refractivity contribution in [3.05, 3.63) is 23.8 Å². The summed E-state index contributed by atoms with van der Waals surface area (Å²) in [6.07, 6.45) is 6.57. The third kappa shape index (κ3) is 7.98. The highest BCUT2D eigenvalue weighted by Crippen LogP contribution is 2.24. The first kappa shape index (κ1) is 26.0. The van der Waals surface area contributed by atoms with Crippen molar-refractivity contribution in [3.8, 4) is 11.5 Å². The molecule has 0 radical (unpaired) electrons. The molecule has 7 nitrogen and oxygen atoms in total. The maximum absolute atomic E-state index is 5.40. The van der Waals surface area contributed by atoms with Crippen LogP contribution in [-0.2, 0) is 6.54 Å². The molecule has 1 aliphatic heterocycles. The van der Waals surface area contributed by atoms with Gasteiger partial charge in [0.1, 0.15) is 11.5 Å². The molecule has 2 aliphatic rings. The average Bonchev–Trinajstić information content (AvgIpc) is 3.45. The summed E-state index contributed by atoms with van der Waals surface area (Å²) in [5.41, 5.74) is 1.21. The van der Waals surface area contributed by atoms with Crippen LogP contribution in [0.3, 0.4) is 0 Å². The zero-order valence-electron chi connectivity index (χ0n) is 19.5. The van der Waals surface area contributed by atoms with Crippen LogP contribution < -0.4 is 20.1 Å². The van der Waals surface area contributed by atoms with Gasteiger partial charge in [0.05, 0.1) is 14.2 Å². The summed E-state index contributed by atoms with van der Waals surface area (Å²) >= 11 is 0. The van der Waals surface area contributed by atoms with Crippen molar-refractivity contribution in [2.75, 3.05) is 54.5 Å². The van der Waals surface area contributed by atoms with Gasteiger partial charge in [-0.15, -0.1) is 24.0 Å². The monoisotopic (exact) mass is 545 g/mol. The van der Waals surface area contributed by atoms with Gasteiger partial charge in [-0.05, 0) is 44.0 Å². The van der Waals surface area contributed by atoms with Crippen molar-refractivity contribution in [3.63, 3.8) is 0 Å². The third-order valence-electron chi connectivity index (χ3n) is 6.36. The summed E-state index contributed by atoms with van der Waals surface area (Å²) in [5.74, 6) is 2.58. The zero-order valence-corrected chi connectivity index (χ0v) is 21.9. The highest BCUT2D eigenvalue weighted by atomic mass is 127. The van der Waals surface area contributed by atoms with E-state index in [-0.39, 0.29) is 24.0 Å². The molecule has 2 fully saturated rings. The Labute approximate surface area is 205 Å². The molecule has 31 heavy (non-hydrogen) atoms. The van der Waals surface area contributed by atoms with Crippen LogP contribution in [0.25, 0.3) is 0 Å². The van der Waals surface area contributed by atoms with Crippen LogP contribution in [0.5, 0.6) is 11.5 Å². The minimum atomic E-state index is 0. The second-order valence-corrected chi connectivity index (χ2v) is 8.50. The minimum Gasteiger partial charge on any atom is -0.497 e. The number of methoxy groups -OCH3 is 2. The molecule has 0 amide bonds. The lowest BCUT2D eigenvalue weighted by Crippen LogP contribution is -2.47. The molecule has 3 rings (SSSR count). The van der Waals surface area contributed by atoms with Gasteiger partial charge in [0, 0.05) is 57.9 Å². The van der Waals surface area contributed by atoms with E-state index in [1.807, 2.05) is 13.1 Å². The number of guanidine groups is 1. The lowest BCUT2D eigenvalue weighted by atomic mass is 10.2. The van der Waals surface area contributed by atoms with Gasteiger partial charge in [-0.1, -0.05) is 12.8 Å². The Kier molecular flexibility index (Phi) is 11.2. The Balaban J connectivity index is 0.00000341. The van der Waals surface area contributed by atoms with Crippen LogP contribution >= 0.6 is 24.0 Å². The zero-order chi connectivity index (χ0) is 21.3. The standard InChI is InChI=1S/C23H39N5O2.HI/c1-24-23(25-10-12-27(2)20-7-5-6-8-20)26-19-9-11-28(17-19)16-18-13-21(29-3)15-22(14-18)30-4;/h13-15,19-20H,5-12,16-17H2,1-4H3,(H2,24,25,26);1H. The minimum absolute atomic E-state index is 0. The lowest BCUT2D eigenvalue weighted by Gasteiger charge is -2.25. The molecular formula is C23H40IN5O2. The van der Waals surface area contributed by atoms with Crippen molar-refractivity contribution >= 4 is 29.9 Å². The van der Waals surface area contributed by atoms with Crippen molar-refractivity contribution in [2.24, 2.45) is 4.99 Å². The molecule has 8 heteroatoms. The highest BCUT2D eigenvalue weighted by molar-refractivity contribution is 14.0. The Bertz CT molecular complexity index is 674. The maximum atomic E-state index is 5.40. The lowest BCUT2D eigenvalue weighted by molar-refractivity contribution is 0.249. The number of likely N-dealkylation sites (tertiary alicyclic amines) is 1. The van der Waals surface area contributed by atoms with E-state index in [4.69, 9.17) is 9.47 Å². The third-order valence-corrected chi connectivity index (χ3v) is 6.36. The van der Waals surface area contributed by atoms with E-state index in [0.29, 0.717) is 6.04 Å². The highest BCUT2D eigenvalue weighted by Gasteiger charge is 2.24. The fourth-order valence-corrected chi connectivity index (χ4v) is 4.58. The fourth-order valence-electron chi connectivity index (χ4n) is 4.58. The largest absolute Gasteiger partial charge is 0.497 e. The molecule has 0 bridgehead atoms. The molecule has 176 valence electrons. The second kappa shape index (κ2) is 13.3. The van der Waals surface area contributed by atoms with Gasteiger partial charge in [0.15, 0.2) is 5.96 Å². The van der Waals surface area contributed by atoms with Gasteiger partial charge in [-0.2, -0.15) is 0 Å². The predicted molar refractivity (Wildman–Crippen MR) is 138 cm³/mol. The fraction of sp³-hybridized carbons (Fsp3) is 0.696. The topological polar surface area (TPSA) is 61.4 Å². The molecule has 2 N–H and O–H groups in total. The van der Waals surface area contributed by atoms with E-state index in [1.54, 1.807) is 14.2 Å². The van der Waals surface area contributed by atoms with Gasteiger partial charge in [0.25, 0.3) is 0 Å². The number of likely N-dealkylation sites (N-methyl/N-ethyl adjacent to an activating group) is 1. The van der Waals surface area contributed by atoms with Gasteiger partial charge < -0.3 is 25.0 Å². The van der Waals surface area contributed by atoms with E-state index in [9.17, 15) is 0 Å². The Morgan fingerprint density at radius 2 is 1.81 bits per heavy atom. The molecule has 0 aromatic heterocycles. The second-order valence-electron chi connectivity index (χ2n) is 8.50. The van der Waals surface area contributed by atoms with Gasteiger partial charge in [-0.3, -0.25) is 9.89 Å². The van der Waals surface area contributed by atoms with Gasteiger partial charge in [-0.25, -0.2) is 0 Å². The van der Waals surface area contributed by atoms with Gasteiger partial charge in [0.2, 0.25) is 0 Å². The summed E-state index contributed by atoms with van der Waals surface area (Å²) in [5, 5.41) is 7.09. The van der Waals surface area contributed by atoms with E-state index in [2.05, 4.69) is 44.6 Å². The molecule has 1 aromatic rings. The first-order chi connectivity index (χ1) is 14.6. The van der Waals surface area contributed by atoms with Crippen LogP contribution in [-0.4, -0.2) is 82.3 Å². The van der Waals surface area contributed by atoms with Crippen molar-refractivity contribution in [1.82, 2.24) is 20.4 Å². The quantitative estimate of drug-likeness (QED) is 0.283. The van der Waals surface area contributed by atoms with Crippen LogP contribution in [0.15, 0.2) is 23.2 Å². The van der Waals surface area contributed by atoms with E-state index >= 15 is 0 Å². The number of aliphatic imine (C=N–C) groups is 1. The van der Waals surface area contributed by atoms with Crippen LogP contribution in [0.2, 0.25) is 0 Å². The number of ether oxygens (including phenoxy) is 2. The first-order valence-corrected chi connectivity index (χ1v) is 11.2. The van der Waals surface area contributed by atoms with Crippen LogP contribution in [0, 0.1) is 0 Å². The van der Waals surface area contributed by atoms with Crippen molar-refractivity contribution in [1.29, 1.82) is 0 Å². The predicted octanol–water partition coefficient (Wildman–Crippen LogP) is 2.94. The number of rotatable bonds is 9. The first-order valence-electron chi connectivity index (χ1n) is 11.2. The smallest absolute Gasteiger partial charge is 0.191 e. The Morgan fingerprint density at radius 3 is 2.42 bits per heavy atom. The van der Waals surface area contributed by atoms with Gasteiger partial charge >= 0.3 is 0 Å². The van der Waals surface area contributed by atoms with E-state index in [1.165, 1.54) is 31.2 Å². The number of halogens is 1. The van der Waals surface area contributed by atoms with Crippen LogP contribution in [0.4, 0.5) is 0 Å². The summed E-state index contributed by atoms with van der Waals surface area (Å²) in [4.78, 5) is 9.38.